The number of hydrogen-bond acceptors (Lipinski definition) is 1. The number of aliphatic hydroxyl groups excluding tert-OH is 1. The van der Waals surface area contributed by atoms with Gasteiger partial charge in [0.15, 0.2) is 0 Å². The number of rotatable bonds is 1. The lowest BCUT2D eigenvalue weighted by molar-refractivity contribution is 0.283. The Morgan fingerprint density at radius 1 is 1.31 bits per heavy atom. The number of halogens is 2. The summed E-state index contributed by atoms with van der Waals surface area (Å²) >= 11 is 11.8. The average molecular weight is 216 g/mol. The predicted molar refractivity (Wildman–Crippen MR) is 54.2 cm³/mol. The molecule has 4 heteroatoms. The van der Waals surface area contributed by atoms with Gasteiger partial charge >= 0.3 is 0 Å². The molecular weight excluding hydrogens is 209 g/mol. The zero-order chi connectivity index (χ0) is 9.42. The summed E-state index contributed by atoms with van der Waals surface area (Å²) in [5.74, 6) is 0. The van der Waals surface area contributed by atoms with Crippen molar-refractivity contribution in [1.82, 2.24) is 4.98 Å². The van der Waals surface area contributed by atoms with Gasteiger partial charge in [0.25, 0.3) is 0 Å². The summed E-state index contributed by atoms with van der Waals surface area (Å²) in [7, 11) is 0. The van der Waals surface area contributed by atoms with E-state index in [9.17, 15) is 0 Å². The summed E-state index contributed by atoms with van der Waals surface area (Å²) in [5.41, 5.74) is 1.64. The first-order chi connectivity index (χ1) is 6.22. The van der Waals surface area contributed by atoms with E-state index in [-0.39, 0.29) is 6.61 Å². The summed E-state index contributed by atoms with van der Waals surface area (Å²) in [4.78, 5) is 2.99. The Morgan fingerprint density at radius 3 is 2.77 bits per heavy atom. The lowest BCUT2D eigenvalue weighted by Gasteiger charge is -1.97. The molecule has 0 aliphatic carbocycles. The van der Waals surface area contributed by atoms with Crippen LogP contribution in [0.15, 0.2) is 18.3 Å². The lowest BCUT2D eigenvalue weighted by Crippen LogP contribution is -1.79. The molecule has 0 atom stereocenters. The van der Waals surface area contributed by atoms with Crippen LogP contribution in [-0.2, 0) is 6.61 Å². The highest BCUT2D eigenvalue weighted by Crippen LogP contribution is 2.30. The Morgan fingerprint density at radius 2 is 2.08 bits per heavy atom. The number of fused-ring (bicyclic) bond motifs is 1. The van der Waals surface area contributed by atoms with Gasteiger partial charge in [-0.25, -0.2) is 0 Å². The minimum absolute atomic E-state index is 0.0264. The highest BCUT2D eigenvalue weighted by molar-refractivity contribution is 6.38. The third-order valence-electron chi connectivity index (χ3n) is 1.95. The van der Waals surface area contributed by atoms with E-state index in [2.05, 4.69) is 4.98 Å². The summed E-state index contributed by atoms with van der Waals surface area (Å²) < 4.78 is 0. The van der Waals surface area contributed by atoms with Crippen molar-refractivity contribution in [3.05, 3.63) is 33.9 Å². The van der Waals surface area contributed by atoms with Crippen molar-refractivity contribution in [2.24, 2.45) is 0 Å². The van der Waals surface area contributed by atoms with Crippen molar-refractivity contribution >= 4 is 34.1 Å². The highest BCUT2D eigenvalue weighted by Gasteiger charge is 2.07. The van der Waals surface area contributed by atoms with E-state index < -0.39 is 0 Å². The quantitative estimate of drug-likeness (QED) is 0.755. The maximum Gasteiger partial charge on any atom is 0.0703 e. The largest absolute Gasteiger partial charge is 0.392 e. The molecule has 0 radical (unpaired) electrons. The van der Waals surface area contributed by atoms with Crippen molar-refractivity contribution < 1.29 is 5.11 Å². The van der Waals surface area contributed by atoms with Crippen LogP contribution in [0.2, 0.25) is 10.0 Å². The van der Waals surface area contributed by atoms with Gasteiger partial charge in [-0.15, -0.1) is 0 Å². The number of aliphatic hydroxyl groups is 1. The van der Waals surface area contributed by atoms with Gasteiger partial charge in [0.1, 0.15) is 0 Å². The molecule has 0 saturated carbocycles. The first-order valence-electron chi connectivity index (χ1n) is 3.78. The minimum atomic E-state index is -0.0264. The molecule has 0 saturated heterocycles. The molecule has 1 aromatic carbocycles. The Hall–Kier alpha value is -0.700. The van der Waals surface area contributed by atoms with Crippen molar-refractivity contribution in [1.29, 1.82) is 0 Å². The van der Waals surface area contributed by atoms with Crippen LogP contribution in [0.1, 0.15) is 5.56 Å². The van der Waals surface area contributed by atoms with E-state index in [4.69, 9.17) is 28.3 Å². The van der Waals surface area contributed by atoms with Gasteiger partial charge < -0.3 is 10.1 Å². The van der Waals surface area contributed by atoms with Crippen LogP contribution in [0.3, 0.4) is 0 Å². The molecule has 0 aliphatic heterocycles. The summed E-state index contributed by atoms with van der Waals surface area (Å²) in [6.07, 6.45) is 1.73. The molecule has 0 spiro atoms. The topological polar surface area (TPSA) is 36.0 Å². The first kappa shape index (κ1) is 8.88. The van der Waals surface area contributed by atoms with Crippen molar-refractivity contribution in [3.8, 4) is 0 Å². The SMILES string of the molecule is OCc1c[nH]c2cc(Cl)cc(Cl)c12. The van der Waals surface area contributed by atoms with Gasteiger partial charge in [0.05, 0.1) is 11.6 Å². The van der Waals surface area contributed by atoms with Crippen LogP contribution in [0.4, 0.5) is 0 Å². The first-order valence-corrected chi connectivity index (χ1v) is 4.54. The monoisotopic (exact) mass is 215 g/mol. The van der Waals surface area contributed by atoms with Crippen molar-refractivity contribution in [3.63, 3.8) is 0 Å². The number of aromatic nitrogens is 1. The molecule has 0 bridgehead atoms. The van der Waals surface area contributed by atoms with Crippen LogP contribution in [0, 0.1) is 0 Å². The second kappa shape index (κ2) is 3.22. The fourth-order valence-corrected chi connectivity index (χ4v) is 1.99. The van der Waals surface area contributed by atoms with Crippen LogP contribution in [0.25, 0.3) is 10.9 Å². The van der Waals surface area contributed by atoms with Crippen LogP contribution >= 0.6 is 23.2 Å². The van der Waals surface area contributed by atoms with Gasteiger partial charge in [0.2, 0.25) is 0 Å². The second-order valence-electron chi connectivity index (χ2n) is 2.78. The normalized spacial score (nSPS) is 11.0. The maximum absolute atomic E-state index is 9.01. The standard InChI is InChI=1S/C9H7Cl2NO/c10-6-1-7(11)9-5(4-13)3-12-8(9)2-6/h1-3,12-13H,4H2. The van der Waals surface area contributed by atoms with Crippen LogP contribution in [-0.4, -0.2) is 10.1 Å². The Kier molecular flexibility index (Phi) is 2.20. The van der Waals surface area contributed by atoms with Gasteiger partial charge in [-0.1, -0.05) is 23.2 Å². The third kappa shape index (κ3) is 1.41. The van der Waals surface area contributed by atoms with Crippen molar-refractivity contribution in [2.75, 3.05) is 0 Å². The van der Waals surface area contributed by atoms with E-state index in [0.29, 0.717) is 10.0 Å². The molecule has 2 N–H and O–H groups in total. The summed E-state index contributed by atoms with van der Waals surface area (Å²) in [6.45, 7) is -0.0264. The molecule has 68 valence electrons. The van der Waals surface area contributed by atoms with E-state index in [1.54, 1.807) is 18.3 Å². The zero-order valence-corrected chi connectivity index (χ0v) is 8.15. The highest BCUT2D eigenvalue weighted by atomic mass is 35.5. The molecule has 0 fully saturated rings. The van der Waals surface area contributed by atoms with Crippen molar-refractivity contribution in [2.45, 2.75) is 6.61 Å². The Labute approximate surface area is 85.1 Å². The predicted octanol–water partition coefficient (Wildman–Crippen LogP) is 2.97. The van der Waals surface area contributed by atoms with Crippen LogP contribution < -0.4 is 0 Å². The van der Waals surface area contributed by atoms with Crippen LogP contribution in [0.5, 0.6) is 0 Å². The molecule has 13 heavy (non-hydrogen) atoms. The fourth-order valence-electron chi connectivity index (χ4n) is 1.38. The third-order valence-corrected chi connectivity index (χ3v) is 2.46. The smallest absolute Gasteiger partial charge is 0.0703 e. The second-order valence-corrected chi connectivity index (χ2v) is 3.63. The Balaban J connectivity index is 2.82. The lowest BCUT2D eigenvalue weighted by atomic mass is 10.2. The molecule has 1 aromatic heterocycles. The molecule has 0 amide bonds. The van der Waals surface area contributed by atoms with E-state index in [0.717, 1.165) is 16.5 Å². The number of H-pyrrole nitrogens is 1. The molecular formula is C9H7Cl2NO. The molecule has 1 heterocycles. The molecule has 2 rings (SSSR count). The number of benzene rings is 1. The summed E-state index contributed by atoms with van der Waals surface area (Å²) in [6, 6.07) is 3.44. The number of nitrogens with one attached hydrogen (secondary N) is 1. The molecule has 0 unspecified atom stereocenters. The fraction of sp³-hybridized carbons (Fsp3) is 0.111. The van der Waals surface area contributed by atoms with Gasteiger partial charge in [-0.05, 0) is 12.1 Å². The van der Waals surface area contributed by atoms with E-state index in [1.807, 2.05) is 0 Å². The zero-order valence-electron chi connectivity index (χ0n) is 6.64. The molecule has 2 aromatic rings. The average Bonchev–Trinajstić information content (AvgIpc) is 2.47. The molecule has 0 aliphatic rings. The van der Waals surface area contributed by atoms with E-state index in [1.165, 1.54) is 0 Å². The molecule has 2 nitrogen and oxygen atoms in total. The van der Waals surface area contributed by atoms with Gasteiger partial charge in [-0.3, -0.25) is 0 Å². The number of aromatic amines is 1. The van der Waals surface area contributed by atoms with Gasteiger partial charge in [0, 0.05) is 27.7 Å². The Bertz CT molecular complexity index is 450. The number of hydrogen-bond donors (Lipinski definition) is 2. The summed E-state index contributed by atoms with van der Waals surface area (Å²) in [5, 5.41) is 11.0. The maximum atomic E-state index is 9.01. The minimum Gasteiger partial charge on any atom is -0.392 e. The van der Waals surface area contributed by atoms with Gasteiger partial charge in [-0.2, -0.15) is 0 Å². The van der Waals surface area contributed by atoms with E-state index >= 15 is 0 Å².